The quantitative estimate of drug-likeness (QED) is 0.283. The predicted octanol–water partition coefficient (Wildman–Crippen LogP) is 6.54. The SMILES string of the molecule is CC(C)C[NH-].CC(C)C[NH-].CC(C)C[NH-].[F][Ge]([F])([F])[c-]1cccc1.[Hf+4]. The Labute approximate surface area is 175 Å². The minimum absolute atomic E-state index is 0. The van der Waals surface area contributed by atoms with Crippen LogP contribution >= 0.6 is 0 Å². The molecule has 0 aliphatic rings. The van der Waals surface area contributed by atoms with Gasteiger partial charge in [0.15, 0.2) is 0 Å². The summed E-state index contributed by atoms with van der Waals surface area (Å²) < 4.78 is 35.0. The average Bonchev–Trinajstić information content (AvgIpc) is 3.03. The van der Waals surface area contributed by atoms with E-state index in [1.165, 1.54) is 12.1 Å². The van der Waals surface area contributed by atoms with Crippen molar-refractivity contribution in [3.63, 3.8) is 0 Å². The Kier molecular flexibility index (Phi) is 27.4. The summed E-state index contributed by atoms with van der Waals surface area (Å²) in [6.45, 7) is 13.9. The Balaban J connectivity index is -0.000000122. The van der Waals surface area contributed by atoms with Gasteiger partial charge in [0.1, 0.15) is 0 Å². The summed E-state index contributed by atoms with van der Waals surface area (Å²) in [7, 11) is 0. The molecule has 3 nitrogen and oxygen atoms in total. The summed E-state index contributed by atoms with van der Waals surface area (Å²) >= 11 is -5.94. The summed E-state index contributed by atoms with van der Waals surface area (Å²) in [4.78, 5) is 0. The molecular formula is C17H34F3GeHfN3. The van der Waals surface area contributed by atoms with Crippen LogP contribution in [0, 0.1) is 17.8 Å². The fourth-order valence-corrected chi connectivity index (χ4v) is 1.76. The van der Waals surface area contributed by atoms with E-state index < -0.39 is 19.1 Å². The van der Waals surface area contributed by atoms with Gasteiger partial charge >= 0.3 is 79.7 Å². The first kappa shape index (κ1) is 33.1. The van der Waals surface area contributed by atoms with Crippen molar-refractivity contribution in [2.75, 3.05) is 19.6 Å². The second kappa shape index (κ2) is 20.7. The number of nitrogens with one attached hydrogen (secondary N) is 3. The first-order chi connectivity index (χ1) is 10.9. The molecule has 0 heterocycles. The van der Waals surface area contributed by atoms with Crippen LogP contribution in [0.2, 0.25) is 0 Å². The molecule has 3 N–H and O–H groups in total. The predicted molar refractivity (Wildman–Crippen MR) is 103 cm³/mol. The maximum atomic E-state index is 11.8. The first-order valence-electron chi connectivity index (χ1n) is 8.14. The van der Waals surface area contributed by atoms with Crippen molar-refractivity contribution < 1.29 is 36.3 Å². The second-order valence-electron chi connectivity index (χ2n) is 6.47. The third-order valence-corrected chi connectivity index (χ3v) is 4.29. The zero-order valence-electron chi connectivity index (χ0n) is 16.3. The molecule has 0 bridgehead atoms. The van der Waals surface area contributed by atoms with Gasteiger partial charge in [0.25, 0.3) is 0 Å². The van der Waals surface area contributed by atoms with E-state index in [1.54, 1.807) is 0 Å². The minimum atomic E-state index is -5.94. The van der Waals surface area contributed by atoms with E-state index >= 15 is 0 Å². The summed E-state index contributed by atoms with van der Waals surface area (Å²) in [5, 5.41) is 0. The van der Waals surface area contributed by atoms with Crippen LogP contribution in [-0.2, 0) is 25.8 Å². The Morgan fingerprint density at radius 1 is 0.720 bits per heavy atom. The molecule has 1 rings (SSSR count). The summed E-state index contributed by atoms with van der Waals surface area (Å²) in [6.07, 6.45) is 0. The third-order valence-electron chi connectivity index (χ3n) is 2.21. The molecule has 0 unspecified atom stereocenters. The maximum Gasteiger partial charge on any atom is 4.00 e. The van der Waals surface area contributed by atoms with Gasteiger partial charge in [-0.2, -0.15) is 0 Å². The Hall–Kier alpha value is 0.433. The Morgan fingerprint density at radius 3 is 1.00 bits per heavy atom. The molecule has 1 aromatic rings. The largest absolute Gasteiger partial charge is 4.00 e. The maximum absolute atomic E-state index is 11.8. The number of halogens is 3. The molecule has 146 valence electrons. The number of rotatable bonds is 4. The second-order valence-corrected chi connectivity index (χ2v) is 9.77. The smallest absolute Gasteiger partial charge is 4.00 e. The Bertz CT molecular complexity index is 324. The van der Waals surface area contributed by atoms with Crippen LogP contribution in [0.25, 0.3) is 17.2 Å². The van der Waals surface area contributed by atoms with Gasteiger partial charge in [0.2, 0.25) is 0 Å². The molecule has 0 saturated heterocycles. The van der Waals surface area contributed by atoms with E-state index in [2.05, 4.69) is 0 Å². The molecule has 25 heavy (non-hydrogen) atoms. The minimum Gasteiger partial charge on any atom is 4.00 e. The molecule has 0 spiro atoms. The number of hydrogen-bond acceptors (Lipinski definition) is 0. The van der Waals surface area contributed by atoms with Gasteiger partial charge in [0.05, 0.1) is 0 Å². The van der Waals surface area contributed by atoms with E-state index in [-0.39, 0.29) is 25.8 Å². The Morgan fingerprint density at radius 2 is 0.920 bits per heavy atom. The van der Waals surface area contributed by atoms with Crippen LogP contribution in [-0.4, -0.2) is 34.3 Å². The zero-order chi connectivity index (χ0) is 19.8. The average molecular weight is 589 g/mol. The zero-order valence-corrected chi connectivity index (χ0v) is 22.0. The summed E-state index contributed by atoms with van der Waals surface area (Å²) in [5.74, 6) is 1.65. The van der Waals surface area contributed by atoms with Crippen molar-refractivity contribution >= 4 is 19.1 Å². The summed E-state index contributed by atoms with van der Waals surface area (Å²) in [5.41, 5.74) is 20.0. The third kappa shape index (κ3) is 32.6. The van der Waals surface area contributed by atoms with Gasteiger partial charge in [-0.05, 0) is 0 Å². The number of hydrogen-bond donors (Lipinski definition) is 0. The van der Waals surface area contributed by atoms with Crippen molar-refractivity contribution in [2.24, 2.45) is 17.8 Å². The van der Waals surface area contributed by atoms with Crippen molar-refractivity contribution in [1.82, 2.24) is 0 Å². The first-order valence-corrected chi connectivity index (χ1v) is 11.6. The van der Waals surface area contributed by atoms with Crippen molar-refractivity contribution in [3.05, 3.63) is 41.5 Å². The molecule has 0 aliphatic carbocycles. The van der Waals surface area contributed by atoms with E-state index in [1.807, 2.05) is 41.5 Å². The molecule has 0 aromatic heterocycles. The van der Waals surface area contributed by atoms with Crippen LogP contribution in [0.4, 0.5) is 10.5 Å². The molecule has 8 heteroatoms. The molecular weight excluding hydrogens is 554 g/mol. The van der Waals surface area contributed by atoms with Crippen LogP contribution in [0.1, 0.15) is 41.5 Å². The summed E-state index contributed by atoms with van der Waals surface area (Å²) in [6, 6.07) is 5.07. The van der Waals surface area contributed by atoms with E-state index in [4.69, 9.17) is 17.2 Å². The molecule has 0 aliphatic heterocycles. The van der Waals surface area contributed by atoms with Crippen LogP contribution in [0.15, 0.2) is 24.3 Å². The van der Waals surface area contributed by atoms with E-state index in [0.717, 1.165) is 12.1 Å². The molecule has 1 aromatic carbocycles. The van der Waals surface area contributed by atoms with Crippen LogP contribution in [0.5, 0.6) is 0 Å². The topological polar surface area (TPSA) is 71.4 Å². The standard InChI is InChI=1S/C5H4F3Ge.3C4H10N.Hf/c6-9(7,8)5-3-1-2-4-5;3*1-4(2)3-5;/h1-4H;3*4-5H,3H2,1-2H3;/q4*-1;+4. The molecule has 0 fully saturated rings. The fourth-order valence-electron chi connectivity index (χ4n) is 0.563. The van der Waals surface area contributed by atoms with Crippen LogP contribution in [0.3, 0.4) is 0 Å². The van der Waals surface area contributed by atoms with Crippen LogP contribution < -0.4 is 4.40 Å². The van der Waals surface area contributed by atoms with Crippen molar-refractivity contribution in [1.29, 1.82) is 0 Å². The molecule has 0 radical (unpaired) electrons. The van der Waals surface area contributed by atoms with E-state index in [9.17, 15) is 10.5 Å². The van der Waals surface area contributed by atoms with Gasteiger partial charge in [0, 0.05) is 0 Å². The van der Waals surface area contributed by atoms with Gasteiger partial charge < -0.3 is 17.2 Å². The monoisotopic (exact) mass is 591 g/mol. The van der Waals surface area contributed by atoms with E-state index in [0.29, 0.717) is 37.4 Å². The van der Waals surface area contributed by atoms with Gasteiger partial charge in [-0.25, -0.2) is 0 Å². The van der Waals surface area contributed by atoms with Gasteiger partial charge in [-0.15, -0.1) is 19.6 Å². The van der Waals surface area contributed by atoms with Gasteiger partial charge in [-0.3, -0.25) is 0 Å². The van der Waals surface area contributed by atoms with Gasteiger partial charge in [-0.1, -0.05) is 59.3 Å². The van der Waals surface area contributed by atoms with Crippen molar-refractivity contribution in [2.45, 2.75) is 41.5 Å². The molecule has 0 saturated carbocycles. The van der Waals surface area contributed by atoms with Crippen molar-refractivity contribution in [3.8, 4) is 0 Å². The molecule has 0 atom stereocenters. The molecule has 0 amide bonds. The normalized spacial score (nSPS) is 10.0. The fraction of sp³-hybridized carbons (Fsp3) is 0.706.